The van der Waals surface area contributed by atoms with E-state index in [2.05, 4.69) is 11.9 Å². The summed E-state index contributed by atoms with van der Waals surface area (Å²) in [6.45, 7) is 7.05. The molecule has 0 aromatic heterocycles. The van der Waals surface area contributed by atoms with Crippen molar-refractivity contribution in [1.29, 1.82) is 0 Å². The second kappa shape index (κ2) is 11.2. The number of hydrogen-bond acceptors (Lipinski definition) is 3. The molecule has 0 saturated heterocycles. The van der Waals surface area contributed by atoms with E-state index < -0.39 is 0 Å². The van der Waals surface area contributed by atoms with E-state index in [0.717, 1.165) is 12.1 Å². The lowest BCUT2D eigenvalue weighted by molar-refractivity contribution is -0.116. The molecule has 0 aliphatic heterocycles. The van der Waals surface area contributed by atoms with Gasteiger partial charge in [-0.1, -0.05) is 42.5 Å². The second-order valence-electron chi connectivity index (χ2n) is 4.78. The highest BCUT2D eigenvalue weighted by Gasteiger charge is 2.01. The number of nitrogens with two attached hydrogens (primary N) is 1. The number of nitrogens with zero attached hydrogens (tertiary/aromatic N) is 1. The van der Waals surface area contributed by atoms with Gasteiger partial charge in [0.1, 0.15) is 0 Å². The molecule has 0 spiro atoms. The summed E-state index contributed by atoms with van der Waals surface area (Å²) in [6.07, 6.45) is 11.5. The zero-order chi connectivity index (χ0) is 15.4. The molecule has 1 unspecified atom stereocenters. The molecule has 0 fully saturated rings. The van der Waals surface area contributed by atoms with Crippen molar-refractivity contribution in [3.05, 3.63) is 48.6 Å². The topological polar surface area (TPSA) is 58.4 Å². The van der Waals surface area contributed by atoms with Crippen LogP contribution in [0.3, 0.4) is 0 Å². The smallest absolute Gasteiger partial charge is 0.243 e. The highest BCUT2D eigenvalue weighted by Crippen LogP contribution is 2.07. The first kappa shape index (κ1) is 18.4. The van der Waals surface area contributed by atoms with Crippen molar-refractivity contribution < 1.29 is 4.79 Å². The molecule has 3 N–H and O–H groups in total. The highest BCUT2D eigenvalue weighted by molar-refractivity contribution is 5.87. The molecule has 0 rings (SSSR count). The van der Waals surface area contributed by atoms with Gasteiger partial charge in [0.2, 0.25) is 5.91 Å². The molecule has 0 radical (unpaired) electrons. The first-order valence-electron chi connectivity index (χ1n) is 6.80. The Hall–Kier alpha value is -1.65. The second-order valence-corrected chi connectivity index (χ2v) is 4.78. The first-order chi connectivity index (χ1) is 9.49. The van der Waals surface area contributed by atoms with Crippen molar-refractivity contribution in [3.63, 3.8) is 0 Å². The van der Waals surface area contributed by atoms with Gasteiger partial charge in [0.15, 0.2) is 0 Å². The Balaban J connectivity index is 4.14. The van der Waals surface area contributed by atoms with Gasteiger partial charge in [0, 0.05) is 25.2 Å². The van der Waals surface area contributed by atoms with Gasteiger partial charge in [0.05, 0.1) is 0 Å². The number of rotatable bonds is 9. The molecule has 4 nitrogen and oxygen atoms in total. The average molecular weight is 277 g/mol. The molecular formula is C16H27N3O. The number of allylic oxidation sites excluding steroid dienone is 4. The lowest BCUT2D eigenvalue weighted by Gasteiger charge is -2.09. The summed E-state index contributed by atoms with van der Waals surface area (Å²) in [5.41, 5.74) is 7.09. The third-order valence-corrected chi connectivity index (χ3v) is 2.64. The summed E-state index contributed by atoms with van der Waals surface area (Å²) in [7, 11) is 3.93. The number of likely N-dealkylation sites (N-methyl/N-ethyl adjacent to an activating group) is 1. The third-order valence-electron chi connectivity index (χ3n) is 2.64. The maximum absolute atomic E-state index is 11.5. The van der Waals surface area contributed by atoms with Crippen LogP contribution >= 0.6 is 0 Å². The van der Waals surface area contributed by atoms with E-state index in [1.165, 1.54) is 6.08 Å². The Morgan fingerprint density at radius 1 is 1.40 bits per heavy atom. The van der Waals surface area contributed by atoms with Crippen molar-refractivity contribution in [2.24, 2.45) is 5.73 Å². The molecule has 0 aliphatic rings. The number of carbonyl (C=O) groups is 1. The van der Waals surface area contributed by atoms with Crippen molar-refractivity contribution >= 4 is 5.91 Å². The van der Waals surface area contributed by atoms with Crippen LogP contribution in [0.4, 0.5) is 0 Å². The lowest BCUT2D eigenvalue weighted by atomic mass is 10.1. The zero-order valence-electron chi connectivity index (χ0n) is 12.8. The van der Waals surface area contributed by atoms with Crippen LogP contribution < -0.4 is 11.1 Å². The van der Waals surface area contributed by atoms with Gasteiger partial charge in [-0.05, 0) is 27.4 Å². The van der Waals surface area contributed by atoms with Gasteiger partial charge in [-0.25, -0.2) is 0 Å². The van der Waals surface area contributed by atoms with E-state index in [0.29, 0.717) is 13.0 Å². The summed E-state index contributed by atoms with van der Waals surface area (Å²) < 4.78 is 0. The number of hydrogen-bond donors (Lipinski definition) is 2. The minimum atomic E-state index is -0.171. The minimum Gasteiger partial charge on any atom is -0.351 e. The normalized spacial score (nSPS) is 14.2. The Morgan fingerprint density at radius 2 is 2.10 bits per heavy atom. The molecular weight excluding hydrogens is 250 g/mol. The molecule has 1 amide bonds. The zero-order valence-corrected chi connectivity index (χ0v) is 12.8. The summed E-state index contributed by atoms with van der Waals surface area (Å²) in [5, 5.41) is 2.81. The van der Waals surface area contributed by atoms with Crippen LogP contribution in [0.15, 0.2) is 48.6 Å². The molecule has 4 heteroatoms. The maximum atomic E-state index is 11.5. The molecule has 112 valence electrons. The van der Waals surface area contributed by atoms with E-state index in [1.54, 1.807) is 12.2 Å². The Bertz CT molecular complexity index is 381. The lowest BCUT2D eigenvalue weighted by Crippen LogP contribution is -2.30. The monoisotopic (exact) mass is 277 g/mol. The van der Waals surface area contributed by atoms with Crippen LogP contribution in [-0.2, 0) is 4.79 Å². The number of carbonyl (C=O) groups excluding carboxylic acids is 1. The van der Waals surface area contributed by atoms with E-state index in [4.69, 9.17) is 5.73 Å². The molecule has 1 atom stereocenters. The number of amides is 1. The van der Waals surface area contributed by atoms with Gasteiger partial charge in [-0.3, -0.25) is 4.79 Å². The standard InChI is InChI=1S/C16H27N3O/c1-5-7-8-14(6-2)13-15(17)9-10-16(20)18-11-12-19(3)4/h5-10,15H,1,11-13,17H2,2-4H3,(H,18,20)/b8-7-,10-9+,14-6+. The fourth-order valence-electron chi connectivity index (χ4n) is 1.49. The third kappa shape index (κ3) is 10.3. The van der Waals surface area contributed by atoms with Gasteiger partial charge < -0.3 is 16.0 Å². The molecule has 0 bridgehead atoms. The van der Waals surface area contributed by atoms with Gasteiger partial charge >= 0.3 is 0 Å². The largest absolute Gasteiger partial charge is 0.351 e. The van der Waals surface area contributed by atoms with E-state index in [1.807, 2.05) is 44.1 Å². The Morgan fingerprint density at radius 3 is 2.65 bits per heavy atom. The van der Waals surface area contributed by atoms with Crippen LogP contribution in [0.25, 0.3) is 0 Å². The first-order valence-corrected chi connectivity index (χ1v) is 6.80. The van der Waals surface area contributed by atoms with Crippen LogP contribution in [0, 0.1) is 0 Å². The molecule has 0 aliphatic carbocycles. The van der Waals surface area contributed by atoms with Gasteiger partial charge in [0.25, 0.3) is 0 Å². The van der Waals surface area contributed by atoms with Crippen molar-refractivity contribution in [2.75, 3.05) is 27.2 Å². The highest BCUT2D eigenvalue weighted by atomic mass is 16.1. The molecule has 20 heavy (non-hydrogen) atoms. The Kier molecular flexibility index (Phi) is 10.3. The van der Waals surface area contributed by atoms with Gasteiger partial charge in [-0.2, -0.15) is 0 Å². The molecule has 0 aromatic rings. The molecule has 0 heterocycles. The van der Waals surface area contributed by atoms with Gasteiger partial charge in [-0.15, -0.1) is 0 Å². The average Bonchev–Trinajstić information content (AvgIpc) is 2.40. The van der Waals surface area contributed by atoms with Crippen molar-refractivity contribution in [3.8, 4) is 0 Å². The summed E-state index contributed by atoms with van der Waals surface area (Å²) >= 11 is 0. The predicted octanol–water partition coefficient (Wildman–Crippen LogP) is 1.63. The van der Waals surface area contributed by atoms with E-state index >= 15 is 0 Å². The van der Waals surface area contributed by atoms with E-state index in [-0.39, 0.29) is 11.9 Å². The Labute approximate surface area is 122 Å². The minimum absolute atomic E-state index is 0.106. The predicted molar refractivity (Wildman–Crippen MR) is 86.4 cm³/mol. The molecule has 0 aromatic carbocycles. The maximum Gasteiger partial charge on any atom is 0.243 e. The van der Waals surface area contributed by atoms with E-state index in [9.17, 15) is 4.79 Å². The quantitative estimate of drug-likeness (QED) is 0.497. The SMILES string of the molecule is C=C/C=C\C(=C/C)CC(N)/C=C/C(=O)NCCN(C)C. The fourth-order valence-corrected chi connectivity index (χ4v) is 1.49. The molecule has 0 saturated carbocycles. The van der Waals surface area contributed by atoms with Crippen LogP contribution in [0.5, 0.6) is 0 Å². The van der Waals surface area contributed by atoms with Crippen LogP contribution in [-0.4, -0.2) is 44.0 Å². The van der Waals surface area contributed by atoms with Crippen LogP contribution in [0.1, 0.15) is 13.3 Å². The van der Waals surface area contributed by atoms with Crippen molar-refractivity contribution in [1.82, 2.24) is 10.2 Å². The van der Waals surface area contributed by atoms with Crippen LogP contribution in [0.2, 0.25) is 0 Å². The van der Waals surface area contributed by atoms with Crippen molar-refractivity contribution in [2.45, 2.75) is 19.4 Å². The summed E-state index contributed by atoms with van der Waals surface area (Å²) in [4.78, 5) is 13.6. The number of nitrogens with one attached hydrogen (secondary N) is 1. The summed E-state index contributed by atoms with van der Waals surface area (Å²) in [6, 6.07) is -0.171. The fraction of sp³-hybridized carbons (Fsp3) is 0.438. The summed E-state index contributed by atoms with van der Waals surface area (Å²) in [5.74, 6) is -0.106.